The summed E-state index contributed by atoms with van der Waals surface area (Å²) >= 11 is 0. The molecular weight excluding hydrogens is 200 g/mol. The molecule has 0 heterocycles. The first-order chi connectivity index (χ1) is 7.67. The summed E-state index contributed by atoms with van der Waals surface area (Å²) in [5.41, 5.74) is 8.22. The lowest BCUT2D eigenvalue weighted by Gasteiger charge is -2.21. The van der Waals surface area contributed by atoms with Gasteiger partial charge in [-0.25, -0.2) is 0 Å². The Bertz CT molecular complexity index is 297. The molecular formula is C13H22N2O. The number of rotatable bonds is 6. The lowest BCUT2D eigenvalue weighted by atomic mass is 10.1. The van der Waals surface area contributed by atoms with Crippen LogP contribution in [0.15, 0.2) is 24.3 Å². The number of aliphatic hydroxyl groups excluding tert-OH is 1. The van der Waals surface area contributed by atoms with E-state index in [-0.39, 0.29) is 12.6 Å². The minimum atomic E-state index is -0.114. The smallest absolute Gasteiger partial charge is 0.0583 e. The molecule has 3 heteroatoms. The van der Waals surface area contributed by atoms with Crippen LogP contribution in [0.4, 0.5) is 5.69 Å². The zero-order valence-electron chi connectivity index (χ0n) is 10.2. The van der Waals surface area contributed by atoms with Gasteiger partial charge in [-0.3, -0.25) is 0 Å². The van der Waals surface area contributed by atoms with E-state index in [0.717, 1.165) is 19.4 Å². The molecule has 3 nitrogen and oxygen atoms in total. The molecule has 0 saturated carbocycles. The predicted molar refractivity (Wildman–Crippen MR) is 68.8 cm³/mol. The zero-order chi connectivity index (χ0) is 12.0. The van der Waals surface area contributed by atoms with E-state index in [1.54, 1.807) is 0 Å². The molecule has 1 aromatic carbocycles. The first-order valence-electron chi connectivity index (χ1n) is 5.84. The van der Waals surface area contributed by atoms with Crippen molar-refractivity contribution in [1.82, 2.24) is 0 Å². The molecule has 16 heavy (non-hydrogen) atoms. The van der Waals surface area contributed by atoms with Crippen molar-refractivity contribution in [1.29, 1.82) is 0 Å². The number of benzene rings is 1. The largest absolute Gasteiger partial charge is 0.395 e. The van der Waals surface area contributed by atoms with Gasteiger partial charge in [0.2, 0.25) is 0 Å². The normalized spacial score (nSPS) is 12.5. The van der Waals surface area contributed by atoms with Crippen molar-refractivity contribution < 1.29 is 5.11 Å². The highest BCUT2D eigenvalue weighted by molar-refractivity contribution is 5.46. The third kappa shape index (κ3) is 3.83. The Hall–Kier alpha value is -1.06. The molecule has 0 amide bonds. The number of hydrogen-bond acceptors (Lipinski definition) is 3. The average molecular weight is 222 g/mol. The van der Waals surface area contributed by atoms with Crippen molar-refractivity contribution in [2.75, 3.05) is 25.1 Å². The maximum Gasteiger partial charge on any atom is 0.0583 e. The zero-order valence-corrected chi connectivity index (χ0v) is 10.2. The van der Waals surface area contributed by atoms with E-state index < -0.39 is 0 Å². The topological polar surface area (TPSA) is 49.5 Å². The standard InChI is InChI=1S/C13H22N2O/c1-3-11-4-6-13(7-5-11)15(2)9-8-12(14)10-16/h4-7,12,16H,3,8-10,14H2,1-2H3. The van der Waals surface area contributed by atoms with Gasteiger partial charge in [-0.05, 0) is 30.5 Å². The van der Waals surface area contributed by atoms with E-state index in [9.17, 15) is 0 Å². The van der Waals surface area contributed by atoms with Crippen LogP contribution in [-0.4, -0.2) is 31.3 Å². The second-order valence-corrected chi connectivity index (χ2v) is 4.17. The number of aryl methyl sites for hydroxylation is 1. The van der Waals surface area contributed by atoms with Crippen LogP contribution in [0, 0.1) is 0 Å². The number of nitrogens with two attached hydrogens (primary N) is 1. The highest BCUT2D eigenvalue weighted by atomic mass is 16.3. The molecule has 0 spiro atoms. The van der Waals surface area contributed by atoms with Gasteiger partial charge in [0.1, 0.15) is 0 Å². The summed E-state index contributed by atoms with van der Waals surface area (Å²) in [7, 11) is 2.05. The van der Waals surface area contributed by atoms with Gasteiger partial charge >= 0.3 is 0 Å². The minimum Gasteiger partial charge on any atom is -0.395 e. The van der Waals surface area contributed by atoms with Crippen LogP contribution in [0.1, 0.15) is 18.9 Å². The van der Waals surface area contributed by atoms with Crippen molar-refractivity contribution in [2.45, 2.75) is 25.8 Å². The molecule has 3 N–H and O–H groups in total. The summed E-state index contributed by atoms with van der Waals surface area (Å²) in [6.07, 6.45) is 1.88. The fourth-order valence-corrected chi connectivity index (χ4v) is 1.57. The molecule has 90 valence electrons. The van der Waals surface area contributed by atoms with Gasteiger partial charge < -0.3 is 15.7 Å². The Morgan fingerprint density at radius 1 is 1.31 bits per heavy atom. The minimum absolute atomic E-state index is 0.0581. The Morgan fingerprint density at radius 3 is 2.44 bits per heavy atom. The molecule has 0 fully saturated rings. The molecule has 1 aromatic rings. The van der Waals surface area contributed by atoms with Crippen LogP contribution in [0.3, 0.4) is 0 Å². The van der Waals surface area contributed by atoms with Gasteiger partial charge in [0.15, 0.2) is 0 Å². The van der Waals surface area contributed by atoms with Gasteiger partial charge in [0.25, 0.3) is 0 Å². The molecule has 0 aliphatic heterocycles. The van der Waals surface area contributed by atoms with Crippen molar-refractivity contribution in [3.63, 3.8) is 0 Å². The molecule has 0 aliphatic carbocycles. The molecule has 1 rings (SSSR count). The fourth-order valence-electron chi connectivity index (χ4n) is 1.57. The van der Waals surface area contributed by atoms with Crippen molar-refractivity contribution in [3.8, 4) is 0 Å². The van der Waals surface area contributed by atoms with Crippen LogP contribution in [-0.2, 0) is 6.42 Å². The Kier molecular flexibility index (Phi) is 5.29. The third-order valence-electron chi connectivity index (χ3n) is 2.86. The Labute approximate surface area is 97.9 Å². The molecule has 0 aromatic heterocycles. The van der Waals surface area contributed by atoms with Crippen LogP contribution < -0.4 is 10.6 Å². The highest BCUT2D eigenvalue weighted by Crippen LogP contribution is 2.14. The van der Waals surface area contributed by atoms with Gasteiger partial charge in [0.05, 0.1) is 6.61 Å². The number of nitrogens with zero attached hydrogens (tertiary/aromatic N) is 1. The quantitative estimate of drug-likeness (QED) is 0.765. The van der Waals surface area contributed by atoms with Crippen LogP contribution >= 0.6 is 0 Å². The lowest BCUT2D eigenvalue weighted by Crippen LogP contribution is -2.30. The molecule has 1 unspecified atom stereocenters. The summed E-state index contributed by atoms with van der Waals surface area (Å²) < 4.78 is 0. The average Bonchev–Trinajstić information content (AvgIpc) is 2.35. The molecule has 0 radical (unpaired) electrons. The number of anilines is 1. The van der Waals surface area contributed by atoms with E-state index in [0.29, 0.717) is 0 Å². The van der Waals surface area contributed by atoms with Crippen LogP contribution in [0.2, 0.25) is 0 Å². The van der Waals surface area contributed by atoms with E-state index in [2.05, 4.69) is 36.1 Å². The van der Waals surface area contributed by atoms with E-state index >= 15 is 0 Å². The van der Waals surface area contributed by atoms with Gasteiger partial charge in [-0.1, -0.05) is 19.1 Å². The Balaban J connectivity index is 2.49. The highest BCUT2D eigenvalue weighted by Gasteiger charge is 2.04. The van der Waals surface area contributed by atoms with Crippen molar-refractivity contribution in [3.05, 3.63) is 29.8 Å². The van der Waals surface area contributed by atoms with Crippen LogP contribution in [0.25, 0.3) is 0 Å². The third-order valence-corrected chi connectivity index (χ3v) is 2.86. The van der Waals surface area contributed by atoms with Gasteiger partial charge in [-0.15, -0.1) is 0 Å². The van der Waals surface area contributed by atoms with E-state index in [1.165, 1.54) is 11.3 Å². The number of aliphatic hydroxyl groups is 1. The van der Waals surface area contributed by atoms with Gasteiger partial charge in [0, 0.05) is 25.3 Å². The molecule has 0 bridgehead atoms. The second-order valence-electron chi connectivity index (χ2n) is 4.17. The van der Waals surface area contributed by atoms with Crippen molar-refractivity contribution >= 4 is 5.69 Å². The maximum absolute atomic E-state index is 8.84. The summed E-state index contributed by atoms with van der Waals surface area (Å²) in [6.45, 7) is 3.08. The monoisotopic (exact) mass is 222 g/mol. The SMILES string of the molecule is CCc1ccc(N(C)CCC(N)CO)cc1. The maximum atomic E-state index is 8.84. The second kappa shape index (κ2) is 6.51. The first-order valence-corrected chi connectivity index (χ1v) is 5.84. The molecule has 0 aliphatic rings. The lowest BCUT2D eigenvalue weighted by molar-refractivity contribution is 0.261. The predicted octanol–water partition coefficient (Wildman–Crippen LogP) is 1.39. The Morgan fingerprint density at radius 2 is 1.94 bits per heavy atom. The van der Waals surface area contributed by atoms with Crippen LogP contribution in [0.5, 0.6) is 0 Å². The van der Waals surface area contributed by atoms with Crippen molar-refractivity contribution in [2.24, 2.45) is 5.73 Å². The molecule has 0 saturated heterocycles. The first kappa shape index (κ1) is 13.0. The van der Waals surface area contributed by atoms with E-state index in [4.69, 9.17) is 10.8 Å². The fraction of sp³-hybridized carbons (Fsp3) is 0.538. The summed E-state index contributed by atoms with van der Waals surface area (Å²) in [5.74, 6) is 0. The number of hydrogen-bond donors (Lipinski definition) is 2. The summed E-state index contributed by atoms with van der Waals surface area (Å²) in [5, 5.41) is 8.84. The van der Waals surface area contributed by atoms with Gasteiger partial charge in [-0.2, -0.15) is 0 Å². The van der Waals surface area contributed by atoms with E-state index in [1.807, 2.05) is 7.05 Å². The molecule has 1 atom stereocenters. The summed E-state index contributed by atoms with van der Waals surface area (Å²) in [4.78, 5) is 2.16. The summed E-state index contributed by atoms with van der Waals surface area (Å²) in [6, 6.07) is 8.44.